The second-order valence-electron chi connectivity index (χ2n) is 2.66. The molecule has 14 heavy (non-hydrogen) atoms. The zero-order chi connectivity index (χ0) is 9.80. The maximum Gasteiger partial charge on any atom is 0.113 e. The zero-order valence-corrected chi connectivity index (χ0v) is 7.28. The minimum Gasteiger partial charge on any atom is -0.276 e. The van der Waals surface area contributed by atoms with Crippen LogP contribution in [0.25, 0.3) is 10.9 Å². The maximum atomic E-state index is 8.30. The van der Waals surface area contributed by atoms with E-state index >= 15 is 0 Å². The van der Waals surface area contributed by atoms with E-state index in [1.807, 2.05) is 12.1 Å². The van der Waals surface area contributed by atoms with E-state index in [0.29, 0.717) is 5.69 Å². The van der Waals surface area contributed by atoms with Crippen LogP contribution in [0.2, 0.25) is 0 Å². The lowest BCUT2D eigenvalue weighted by atomic mass is 10.2. The summed E-state index contributed by atoms with van der Waals surface area (Å²) in [4.78, 5) is 4.10. The fourth-order valence-electron chi connectivity index (χ4n) is 1.09. The van der Waals surface area contributed by atoms with Gasteiger partial charge in [-0.05, 0) is 12.0 Å². The predicted molar refractivity (Wildman–Crippen MR) is 51.0 cm³/mol. The molecule has 4 nitrogen and oxygen atoms in total. The highest BCUT2D eigenvalue weighted by Gasteiger charge is 1.95. The molecule has 2 aromatic heterocycles. The molecule has 0 aliphatic heterocycles. The van der Waals surface area contributed by atoms with Crippen LogP contribution < -0.4 is 0 Å². The van der Waals surface area contributed by atoms with Gasteiger partial charge in [0.05, 0.1) is 30.4 Å². The normalized spacial score (nSPS) is 9.07. The number of nitrogens with one attached hydrogen (secondary N) is 1. The minimum absolute atomic E-state index is 0.227. The molecule has 0 bridgehead atoms. The van der Waals surface area contributed by atoms with Crippen molar-refractivity contribution in [1.29, 1.82) is 5.26 Å². The van der Waals surface area contributed by atoms with E-state index in [0.717, 1.165) is 10.9 Å². The number of fused-ring (bicyclic) bond motifs is 1. The van der Waals surface area contributed by atoms with Crippen molar-refractivity contribution in [3.05, 3.63) is 24.2 Å². The smallest absolute Gasteiger partial charge is 0.113 e. The Morgan fingerprint density at radius 3 is 3.21 bits per heavy atom. The molecule has 4 heteroatoms. The highest BCUT2D eigenvalue weighted by Crippen LogP contribution is 2.08. The first-order valence-corrected chi connectivity index (χ1v) is 4.05. The monoisotopic (exact) mass is 182 g/mol. The summed E-state index contributed by atoms with van der Waals surface area (Å²) in [5.41, 5.74) is 1.55. The summed E-state index contributed by atoms with van der Waals surface area (Å²) in [7, 11) is 0. The highest BCUT2D eigenvalue weighted by molar-refractivity contribution is 5.77. The Morgan fingerprint density at radius 2 is 2.36 bits per heavy atom. The van der Waals surface area contributed by atoms with Crippen LogP contribution in [-0.2, 0) is 0 Å². The van der Waals surface area contributed by atoms with Crippen LogP contribution in [0, 0.1) is 23.2 Å². The molecular formula is C10H6N4. The van der Waals surface area contributed by atoms with Crippen molar-refractivity contribution in [2.24, 2.45) is 0 Å². The molecule has 66 valence electrons. The van der Waals surface area contributed by atoms with Crippen molar-refractivity contribution < 1.29 is 0 Å². The molecule has 0 amide bonds. The topological polar surface area (TPSA) is 65.4 Å². The van der Waals surface area contributed by atoms with Crippen molar-refractivity contribution in [2.45, 2.75) is 6.42 Å². The summed E-state index contributed by atoms with van der Waals surface area (Å²) in [5, 5.41) is 15.9. The second kappa shape index (κ2) is 3.59. The van der Waals surface area contributed by atoms with Gasteiger partial charge >= 0.3 is 0 Å². The van der Waals surface area contributed by atoms with Gasteiger partial charge in [0, 0.05) is 5.39 Å². The molecule has 0 atom stereocenters. The van der Waals surface area contributed by atoms with Crippen LogP contribution in [0.1, 0.15) is 12.1 Å². The van der Waals surface area contributed by atoms with Crippen LogP contribution in [0.4, 0.5) is 0 Å². The predicted octanol–water partition coefficient (Wildman–Crippen LogP) is 1.22. The highest BCUT2D eigenvalue weighted by atomic mass is 15.1. The van der Waals surface area contributed by atoms with Crippen LogP contribution in [0.15, 0.2) is 18.5 Å². The Labute approximate surface area is 80.6 Å². The molecule has 2 aromatic rings. The number of H-pyrrole nitrogens is 1. The van der Waals surface area contributed by atoms with E-state index in [2.05, 4.69) is 27.0 Å². The summed E-state index contributed by atoms with van der Waals surface area (Å²) >= 11 is 0. The van der Waals surface area contributed by atoms with Crippen molar-refractivity contribution in [2.75, 3.05) is 0 Å². The third kappa shape index (κ3) is 1.55. The van der Waals surface area contributed by atoms with Gasteiger partial charge < -0.3 is 0 Å². The Kier molecular flexibility index (Phi) is 2.12. The van der Waals surface area contributed by atoms with Gasteiger partial charge in [0.25, 0.3) is 0 Å². The SMILES string of the molecule is N#CCC#Cc1cc2cn[nH]c2cn1. The van der Waals surface area contributed by atoms with Crippen molar-refractivity contribution >= 4 is 10.9 Å². The molecule has 0 aliphatic rings. The lowest BCUT2D eigenvalue weighted by Crippen LogP contribution is -1.80. The average Bonchev–Trinajstić information content (AvgIpc) is 2.65. The van der Waals surface area contributed by atoms with E-state index in [1.54, 1.807) is 12.4 Å². The first-order chi connectivity index (χ1) is 6.90. The standard InChI is InChI=1S/C10H6N4/c11-4-2-1-3-9-5-8-6-13-14-10(8)7-12-9/h5-7H,2H2,(H,13,14). The maximum absolute atomic E-state index is 8.30. The number of pyridine rings is 1. The van der Waals surface area contributed by atoms with E-state index < -0.39 is 0 Å². The third-order valence-corrected chi connectivity index (χ3v) is 1.71. The van der Waals surface area contributed by atoms with Gasteiger partial charge in [0.1, 0.15) is 5.69 Å². The zero-order valence-electron chi connectivity index (χ0n) is 7.28. The molecule has 0 spiro atoms. The quantitative estimate of drug-likeness (QED) is 0.623. The molecule has 2 rings (SSSR count). The summed E-state index contributed by atoms with van der Waals surface area (Å²) in [6.45, 7) is 0. The molecule has 0 unspecified atom stereocenters. The van der Waals surface area contributed by atoms with Gasteiger partial charge in [-0.15, -0.1) is 0 Å². The van der Waals surface area contributed by atoms with Crippen molar-refractivity contribution in [3.63, 3.8) is 0 Å². The van der Waals surface area contributed by atoms with Gasteiger partial charge in [0.15, 0.2) is 0 Å². The molecule has 0 fully saturated rings. The van der Waals surface area contributed by atoms with Crippen LogP contribution in [0.5, 0.6) is 0 Å². The van der Waals surface area contributed by atoms with Crippen molar-refractivity contribution in [3.8, 4) is 17.9 Å². The van der Waals surface area contributed by atoms with Crippen LogP contribution in [-0.4, -0.2) is 15.2 Å². The largest absolute Gasteiger partial charge is 0.276 e. The van der Waals surface area contributed by atoms with Crippen molar-refractivity contribution in [1.82, 2.24) is 15.2 Å². The molecule has 2 heterocycles. The van der Waals surface area contributed by atoms with E-state index in [-0.39, 0.29) is 6.42 Å². The Morgan fingerprint density at radius 1 is 1.43 bits per heavy atom. The summed E-state index contributed by atoms with van der Waals surface area (Å²) < 4.78 is 0. The third-order valence-electron chi connectivity index (χ3n) is 1.71. The van der Waals surface area contributed by atoms with E-state index in [1.165, 1.54) is 0 Å². The average molecular weight is 182 g/mol. The number of aromatic nitrogens is 3. The molecule has 1 N–H and O–H groups in total. The minimum atomic E-state index is 0.227. The Hall–Kier alpha value is -2.33. The number of hydrogen-bond acceptors (Lipinski definition) is 3. The first kappa shape index (κ1) is 8.28. The summed E-state index contributed by atoms with van der Waals surface area (Å²) in [6.07, 6.45) is 3.62. The van der Waals surface area contributed by atoms with Crippen LogP contribution in [0.3, 0.4) is 0 Å². The number of hydrogen-bond donors (Lipinski definition) is 1. The summed E-state index contributed by atoms with van der Waals surface area (Å²) in [6, 6.07) is 3.79. The number of aromatic amines is 1. The van der Waals surface area contributed by atoms with Gasteiger partial charge in [-0.1, -0.05) is 5.92 Å². The fraction of sp³-hybridized carbons (Fsp3) is 0.100. The lowest BCUT2D eigenvalue weighted by Gasteiger charge is -1.88. The number of nitrogens with zero attached hydrogens (tertiary/aromatic N) is 3. The first-order valence-electron chi connectivity index (χ1n) is 4.05. The Bertz CT molecular complexity index is 550. The van der Waals surface area contributed by atoms with E-state index in [9.17, 15) is 0 Å². The number of rotatable bonds is 0. The molecule has 0 aliphatic carbocycles. The summed E-state index contributed by atoms with van der Waals surface area (Å²) in [5.74, 6) is 5.51. The van der Waals surface area contributed by atoms with Gasteiger partial charge in [-0.25, -0.2) is 4.98 Å². The molecule has 0 saturated carbocycles. The molecule has 0 aromatic carbocycles. The fourth-order valence-corrected chi connectivity index (χ4v) is 1.09. The molecule has 0 saturated heterocycles. The molecule has 0 radical (unpaired) electrons. The van der Waals surface area contributed by atoms with Gasteiger partial charge in [-0.3, -0.25) is 5.10 Å². The van der Waals surface area contributed by atoms with Gasteiger partial charge in [0.2, 0.25) is 0 Å². The second-order valence-corrected chi connectivity index (χ2v) is 2.66. The van der Waals surface area contributed by atoms with Gasteiger partial charge in [-0.2, -0.15) is 10.4 Å². The Balaban J connectivity index is 2.37. The number of nitriles is 1. The van der Waals surface area contributed by atoms with Crippen LogP contribution >= 0.6 is 0 Å². The lowest BCUT2D eigenvalue weighted by molar-refractivity contribution is 1.11. The molecular weight excluding hydrogens is 176 g/mol. The van der Waals surface area contributed by atoms with E-state index in [4.69, 9.17) is 5.26 Å².